The van der Waals surface area contributed by atoms with E-state index in [4.69, 9.17) is 14.1 Å². The lowest BCUT2D eigenvalue weighted by molar-refractivity contribution is -0.163. The highest BCUT2D eigenvalue weighted by Gasteiger charge is 2.33. The first-order valence-electron chi connectivity index (χ1n) is 8.33. The van der Waals surface area contributed by atoms with Gasteiger partial charge in [0, 0.05) is 24.2 Å². The number of ether oxygens (including phenoxy) is 2. The van der Waals surface area contributed by atoms with Crippen molar-refractivity contribution < 1.29 is 14.1 Å². The predicted octanol–water partition coefficient (Wildman–Crippen LogP) is 2.12. The zero-order valence-electron chi connectivity index (χ0n) is 14.7. The monoisotopic (exact) mass is 339 g/mol. The second-order valence-corrected chi connectivity index (χ2v) is 8.61. The van der Waals surface area contributed by atoms with Gasteiger partial charge in [0.05, 0.1) is 18.8 Å². The summed E-state index contributed by atoms with van der Waals surface area (Å²) in [7, 11) is 4.61. The van der Waals surface area contributed by atoms with E-state index < -0.39 is 0 Å². The Morgan fingerprint density at radius 2 is 2.17 bits per heavy atom. The molecule has 0 aliphatic carbocycles. The third-order valence-corrected chi connectivity index (χ3v) is 5.15. The molecule has 2 atom stereocenters. The molecule has 2 rings (SSSR count). The van der Waals surface area contributed by atoms with Gasteiger partial charge in [-0.2, -0.15) is 5.10 Å². The van der Waals surface area contributed by atoms with Crippen LogP contribution in [0.2, 0.25) is 0 Å². The Balaban J connectivity index is 1.72. The summed E-state index contributed by atoms with van der Waals surface area (Å²) in [5, 5.41) is 4.32. The van der Waals surface area contributed by atoms with Crippen LogP contribution in [-0.4, -0.2) is 47.5 Å². The van der Waals surface area contributed by atoms with Gasteiger partial charge in [0.1, 0.15) is 0 Å². The van der Waals surface area contributed by atoms with Gasteiger partial charge < -0.3 is 14.1 Å². The molecule has 2 heterocycles. The van der Waals surface area contributed by atoms with Gasteiger partial charge >= 0.3 is 7.48 Å². The van der Waals surface area contributed by atoms with Crippen molar-refractivity contribution in [2.45, 2.75) is 70.5 Å². The minimum Gasteiger partial charge on any atom is -0.429 e. The molecule has 5 nitrogen and oxygen atoms in total. The Morgan fingerprint density at radius 3 is 2.83 bits per heavy atom. The molecule has 23 heavy (non-hydrogen) atoms. The molecule has 0 amide bonds. The van der Waals surface area contributed by atoms with E-state index in [1.165, 1.54) is 6.42 Å². The normalized spacial score (nSPS) is 19.8. The highest BCUT2D eigenvalue weighted by molar-refractivity contribution is 7.19. The average Bonchev–Trinajstić information content (AvgIpc) is 2.93. The first-order valence-corrected chi connectivity index (χ1v) is 8.91. The topological polar surface area (TPSA) is 45.5 Å². The molecule has 2 unspecified atom stereocenters. The molecule has 0 spiro atoms. The van der Waals surface area contributed by atoms with Crippen molar-refractivity contribution in [1.29, 1.82) is 0 Å². The standard InChI is InChI=1S/C16H29BN2O3P/c1-15(2,16(3,4)23)22-17-13-11-18-19(12-13)8-10-21-14-7-5-6-9-20-14/h11-12,14H,5-10,23H2,1-4H3. The zero-order valence-corrected chi connectivity index (χ0v) is 15.9. The van der Waals surface area contributed by atoms with E-state index in [-0.39, 0.29) is 17.0 Å². The summed E-state index contributed by atoms with van der Waals surface area (Å²) >= 11 is 0. The third kappa shape index (κ3) is 5.86. The summed E-state index contributed by atoms with van der Waals surface area (Å²) < 4.78 is 19.1. The number of rotatable bonds is 8. The van der Waals surface area contributed by atoms with Crippen LogP contribution >= 0.6 is 9.24 Å². The van der Waals surface area contributed by atoms with Crippen molar-refractivity contribution in [3.8, 4) is 0 Å². The molecule has 0 bridgehead atoms. The Morgan fingerprint density at radius 1 is 1.39 bits per heavy atom. The van der Waals surface area contributed by atoms with E-state index in [2.05, 4.69) is 42.0 Å². The lowest BCUT2D eigenvalue weighted by Gasteiger charge is -2.38. The molecule has 1 fully saturated rings. The van der Waals surface area contributed by atoms with E-state index in [0.29, 0.717) is 13.2 Å². The molecule has 1 saturated heterocycles. The van der Waals surface area contributed by atoms with Gasteiger partial charge in [0.2, 0.25) is 0 Å². The molecule has 1 aliphatic rings. The Labute approximate surface area is 142 Å². The molecule has 7 heteroatoms. The molecular weight excluding hydrogens is 310 g/mol. The van der Waals surface area contributed by atoms with E-state index >= 15 is 0 Å². The van der Waals surface area contributed by atoms with Crippen LogP contribution in [-0.2, 0) is 20.7 Å². The predicted molar refractivity (Wildman–Crippen MR) is 96.1 cm³/mol. The third-order valence-electron chi connectivity index (χ3n) is 4.46. The molecule has 1 aliphatic heterocycles. The molecular formula is C16H29BN2O3P. The molecule has 1 radical (unpaired) electrons. The minimum absolute atomic E-state index is 0.0205. The van der Waals surface area contributed by atoms with Crippen LogP contribution in [0.15, 0.2) is 12.4 Å². The van der Waals surface area contributed by atoms with Crippen molar-refractivity contribution in [1.82, 2.24) is 9.78 Å². The van der Waals surface area contributed by atoms with Crippen molar-refractivity contribution in [3.63, 3.8) is 0 Å². The second kappa shape index (κ2) is 8.11. The van der Waals surface area contributed by atoms with Crippen molar-refractivity contribution in [2.24, 2.45) is 0 Å². The summed E-state index contributed by atoms with van der Waals surface area (Å²) in [5.74, 6) is 0. The largest absolute Gasteiger partial charge is 0.429 e. The van der Waals surface area contributed by atoms with Crippen LogP contribution < -0.4 is 5.46 Å². The van der Waals surface area contributed by atoms with Gasteiger partial charge in [0.25, 0.3) is 0 Å². The van der Waals surface area contributed by atoms with Gasteiger partial charge in [-0.05, 0) is 38.6 Å². The molecule has 1 aromatic heterocycles. The Bertz CT molecular complexity index is 482. The number of aromatic nitrogens is 2. The lowest BCUT2D eigenvalue weighted by Crippen LogP contribution is -2.45. The molecule has 0 aromatic carbocycles. The van der Waals surface area contributed by atoms with E-state index in [1.807, 2.05) is 17.1 Å². The maximum atomic E-state index is 5.94. The summed E-state index contributed by atoms with van der Waals surface area (Å²) in [6, 6.07) is 0. The van der Waals surface area contributed by atoms with Crippen LogP contribution in [0.1, 0.15) is 47.0 Å². The lowest BCUT2D eigenvalue weighted by atomic mass is 9.86. The SMILES string of the molecule is CC(C)(P)C(C)(C)O[B]c1cnn(CCOC2CCCCO2)c1. The van der Waals surface area contributed by atoms with Gasteiger partial charge in [-0.25, -0.2) is 0 Å². The van der Waals surface area contributed by atoms with Crippen LogP contribution in [0.3, 0.4) is 0 Å². The first kappa shape index (κ1) is 18.9. The van der Waals surface area contributed by atoms with Gasteiger partial charge in [-0.1, -0.05) is 13.8 Å². The van der Waals surface area contributed by atoms with Gasteiger partial charge in [-0.15, -0.1) is 9.24 Å². The van der Waals surface area contributed by atoms with E-state index in [1.54, 1.807) is 7.48 Å². The fourth-order valence-corrected chi connectivity index (χ4v) is 2.12. The van der Waals surface area contributed by atoms with Crippen LogP contribution in [0, 0.1) is 0 Å². The Hall–Kier alpha value is -0.415. The molecule has 1 aromatic rings. The first-order chi connectivity index (χ1) is 10.8. The maximum Gasteiger partial charge on any atom is 0.334 e. The van der Waals surface area contributed by atoms with Gasteiger partial charge in [0.15, 0.2) is 6.29 Å². The van der Waals surface area contributed by atoms with Crippen LogP contribution in [0.4, 0.5) is 0 Å². The summed E-state index contributed by atoms with van der Waals surface area (Å²) in [4.78, 5) is 0. The summed E-state index contributed by atoms with van der Waals surface area (Å²) in [5.41, 5.74) is 0.683. The highest BCUT2D eigenvalue weighted by atomic mass is 31.0. The molecule has 0 saturated carbocycles. The molecule has 0 N–H and O–H groups in total. The fourth-order valence-electron chi connectivity index (χ4n) is 2.05. The number of hydrogen-bond acceptors (Lipinski definition) is 4. The van der Waals surface area contributed by atoms with E-state index in [9.17, 15) is 0 Å². The second-order valence-electron chi connectivity index (χ2n) is 7.17. The van der Waals surface area contributed by atoms with E-state index in [0.717, 1.165) is 24.9 Å². The smallest absolute Gasteiger partial charge is 0.334 e. The Kier molecular flexibility index (Phi) is 6.67. The fraction of sp³-hybridized carbons (Fsp3) is 0.812. The van der Waals surface area contributed by atoms with Gasteiger partial charge in [-0.3, -0.25) is 4.68 Å². The number of nitrogens with zero attached hydrogens (tertiary/aromatic N) is 2. The maximum absolute atomic E-state index is 5.94. The summed E-state index contributed by atoms with van der Waals surface area (Å²) in [6.45, 7) is 10.6. The van der Waals surface area contributed by atoms with Crippen LogP contribution in [0.5, 0.6) is 0 Å². The quantitative estimate of drug-likeness (QED) is 0.538. The number of hydrogen-bond donors (Lipinski definition) is 0. The average molecular weight is 339 g/mol. The minimum atomic E-state index is -0.277. The zero-order chi connectivity index (χ0) is 16.9. The van der Waals surface area contributed by atoms with Crippen molar-refractivity contribution in [2.75, 3.05) is 13.2 Å². The van der Waals surface area contributed by atoms with Crippen molar-refractivity contribution in [3.05, 3.63) is 12.4 Å². The van der Waals surface area contributed by atoms with Crippen molar-refractivity contribution >= 4 is 22.2 Å². The summed E-state index contributed by atoms with van der Waals surface area (Å²) in [6.07, 6.45) is 7.05. The highest BCUT2D eigenvalue weighted by Crippen LogP contribution is 2.32. The molecule has 129 valence electrons. The van der Waals surface area contributed by atoms with Crippen LogP contribution in [0.25, 0.3) is 0 Å².